The van der Waals surface area contributed by atoms with Crippen LogP contribution in [-0.2, 0) is 9.53 Å². The van der Waals surface area contributed by atoms with Gasteiger partial charge in [0.1, 0.15) is 12.1 Å². The van der Waals surface area contributed by atoms with Crippen molar-refractivity contribution in [2.75, 3.05) is 6.61 Å². The molecular weight excluding hydrogens is 309 g/mol. The van der Waals surface area contributed by atoms with E-state index >= 15 is 0 Å². The van der Waals surface area contributed by atoms with Gasteiger partial charge in [0.15, 0.2) is 0 Å². The first-order chi connectivity index (χ1) is 11.4. The van der Waals surface area contributed by atoms with Gasteiger partial charge in [-0.15, -0.1) is 0 Å². The molecule has 0 aliphatic heterocycles. The van der Waals surface area contributed by atoms with Crippen LogP contribution in [0.1, 0.15) is 30.9 Å². The van der Waals surface area contributed by atoms with Crippen molar-refractivity contribution in [1.29, 1.82) is 0 Å². The summed E-state index contributed by atoms with van der Waals surface area (Å²) in [4.78, 5) is 22.7. The lowest BCUT2D eigenvalue weighted by atomic mass is 9.98. The number of hydrogen-bond donors (Lipinski definition) is 1. The van der Waals surface area contributed by atoms with Crippen LogP contribution in [-0.4, -0.2) is 24.3 Å². The monoisotopic (exact) mass is 327 g/mol. The van der Waals surface area contributed by atoms with Crippen molar-refractivity contribution in [2.24, 2.45) is 0 Å². The zero-order valence-corrected chi connectivity index (χ0v) is 13.5. The second-order valence-electron chi connectivity index (χ2n) is 6.35. The molecule has 24 heavy (non-hydrogen) atoms. The number of alkyl carbamates (subject to hydrolysis) is 1. The van der Waals surface area contributed by atoms with E-state index in [-0.39, 0.29) is 12.5 Å². The fourth-order valence-electron chi connectivity index (χ4n) is 2.94. The van der Waals surface area contributed by atoms with E-state index in [1.54, 1.807) is 0 Å². The van der Waals surface area contributed by atoms with Crippen molar-refractivity contribution in [3.8, 4) is 11.1 Å². The fraction of sp³-hybridized carbons (Fsp3) is 0.263. The normalized spacial score (nSPS) is 13.1. The maximum atomic E-state index is 12.9. The maximum Gasteiger partial charge on any atom is 0.408 e. The van der Waals surface area contributed by atoms with Gasteiger partial charge >= 0.3 is 12.1 Å². The molecule has 0 saturated heterocycles. The number of nitrogens with one attached hydrogen (secondary N) is 1. The Morgan fingerprint density at radius 1 is 1.04 bits per heavy atom. The number of fused-ring (bicyclic) bond motifs is 3. The molecule has 4 nitrogen and oxygen atoms in total. The second-order valence-corrected chi connectivity index (χ2v) is 6.35. The van der Waals surface area contributed by atoms with Gasteiger partial charge in [-0.05, 0) is 36.1 Å². The van der Waals surface area contributed by atoms with Gasteiger partial charge < -0.3 is 10.1 Å². The van der Waals surface area contributed by atoms with Gasteiger partial charge in [0.25, 0.3) is 0 Å². The summed E-state index contributed by atoms with van der Waals surface area (Å²) < 4.78 is 18.1. The number of benzene rings is 2. The lowest BCUT2D eigenvalue weighted by molar-refractivity contribution is -0.134. The third kappa shape index (κ3) is 2.89. The van der Waals surface area contributed by atoms with E-state index in [9.17, 15) is 14.0 Å². The summed E-state index contributed by atoms with van der Waals surface area (Å²) >= 11 is 0. The number of halogens is 1. The summed E-state index contributed by atoms with van der Waals surface area (Å²) in [6, 6.07) is 14.3. The van der Waals surface area contributed by atoms with Crippen LogP contribution < -0.4 is 5.32 Å². The highest BCUT2D eigenvalue weighted by Crippen LogP contribution is 2.44. The Kier molecular flexibility index (Phi) is 4.09. The van der Waals surface area contributed by atoms with E-state index < -0.39 is 17.7 Å². The molecule has 124 valence electrons. The van der Waals surface area contributed by atoms with E-state index in [2.05, 4.69) is 5.32 Å². The third-order valence-electron chi connectivity index (χ3n) is 4.25. The highest BCUT2D eigenvalue weighted by Gasteiger charge is 2.32. The molecular formula is C19H18FNO3. The van der Waals surface area contributed by atoms with Crippen molar-refractivity contribution in [1.82, 2.24) is 5.32 Å². The molecule has 2 aromatic rings. The molecule has 1 amide bonds. The Hall–Kier alpha value is -2.69. The Labute approximate surface area is 139 Å². The van der Waals surface area contributed by atoms with Crippen LogP contribution in [0.15, 0.2) is 48.5 Å². The molecule has 1 aliphatic carbocycles. The molecule has 5 heteroatoms. The van der Waals surface area contributed by atoms with Crippen molar-refractivity contribution in [3.05, 3.63) is 59.7 Å². The molecule has 0 spiro atoms. The molecule has 1 aliphatic rings. The zero-order valence-electron chi connectivity index (χ0n) is 13.5. The first-order valence-electron chi connectivity index (χ1n) is 7.73. The smallest absolute Gasteiger partial charge is 0.408 e. The second kappa shape index (κ2) is 6.07. The zero-order chi connectivity index (χ0) is 17.3. The third-order valence-corrected chi connectivity index (χ3v) is 4.25. The topological polar surface area (TPSA) is 55.4 Å². The predicted octanol–water partition coefficient (Wildman–Crippen LogP) is 3.80. The van der Waals surface area contributed by atoms with Crippen LogP contribution in [0.2, 0.25) is 0 Å². The Balaban J connectivity index is 1.76. The van der Waals surface area contributed by atoms with Crippen molar-refractivity contribution >= 4 is 12.1 Å². The van der Waals surface area contributed by atoms with E-state index in [4.69, 9.17) is 4.74 Å². The maximum absolute atomic E-state index is 12.9. The van der Waals surface area contributed by atoms with E-state index in [1.165, 1.54) is 13.8 Å². The van der Waals surface area contributed by atoms with Gasteiger partial charge in [0, 0.05) is 5.92 Å². The van der Waals surface area contributed by atoms with Crippen LogP contribution in [0, 0.1) is 0 Å². The van der Waals surface area contributed by atoms with Crippen molar-refractivity contribution in [2.45, 2.75) is 25.3 Å². The molecule has 0 aromatic heterocycles. The Bertz CT molecular complexity index is 755. The highest BCUT2D eigenvalue weighted by atomic mass is 19.1. The summed E-state index contributed by atoms with van der Waals surface area (Å²) in [6.07, 6.45) is -0.812. The fourth-order valence-corrected chi connectivity index (χ4v) is 2.94. The van der Waals surface area contributed by atoms with Gasteiger partial charge in [-0.1, -0.05) is 48.5 Å². The highest BCUT2D eigenvalue weighted by molar-refractivity contribution is 5.84. The minimum Gasteiger partial charge on any atom is -0.449 e. The SMILES string of the molecule is CC(C)(NC(=O)OCC1c2ccccc2-c2ccccc21)C(=O)F. The number of amides is 1. The molecule has 0 bridgehead atoms. The van der Waals surface area contributed by atoms with Gasteiger partial charge in [0.2, 0.25) is 0 Å². The molecule has 0 fully saturated rings. The molecule has 3 rings (SSSR count). The van der Waals surface area contributed by atoms with Crippen LogP contribution in [0.4, 0.5) is 9.18 Å². The van der Waals surface area contributed by atoms with Crippen molar-refractivity contribution < 1.29 is 18.7 Å². The van der Waals surface area contributed by atoms with E-state index in [1.807, 2.05) is 48.5 Å². The van der Waals surface area contributed by atoms with Crippen LogP contribution >= 0.6 is 0 Å². The number of carbonyl (C=O) groups excluding carboxylic acids is 2. The van der Waals surface area contributed by atoms with E-state index in [0.29, 0.717) is 0 Å². The first-order valence-corrected chi connectivity index (χ1v) is 7.73. The molecule has 1 N–H and O–H groups in total. The average Bonchev–Trinajstić information content (AvgIpc) is 2.86. The summed E-state index contributed by atoms with van der Waals surface area (Å²) in [5, 5.41) is 2.24. The number of carbonyl (C=O) groups is 2. The standard InChI is InChI=1S/C19H18FNO3/c1-19(2,17(20)22)21-18(23)24-11-16-14-9-5-3-7-12(14)13-8-4-6-10-15(13)16/h3-10,16H,11H2,1-2H3,(H,21,23). The van der Waals surface area contributed by atoms with Crippen LogP contribution in [0.5, 0.6) is 0 Å². The molecule has 2 aromatic carbocycles. The summed E-state index contributed by atoms with van der Waals surface area (Å²) in [5.41, 5.74) is 2.84. The quantitative estimate of drug-likeness (QED) is 0.869. The van der Waals surface area contributed by atoms with Gasteiger partial charge in [-0.25, -0.2) is 4.79 Å². The largest absolute Gasteiger partial charge is 0.449 e. The summed E-state index contributed by atoms with van der Waals surface area (Å²) in [6.45, 7) is 2.70. The Morgan fingerprint density at radius 2 is 1.54 bits per heavy atom. The van der Waals surface area contributed by atoms with Gasteiger partial charge in [-0.3, -0.25) is 4.79 Å². The van der Waals surface area contributed by atoms with Crippen LogP contribution in [0.3, 0.4) is 0 Å². The first kappa shape index (κ1) is 16.2. The lowest BCUT2D eigenvalue weighted by Crippen LogP contribution is -2.48. The molecule has 0 unspecified atom stereocenters. The van der Waals surface area contributed by atoms with Gasteiger partial charge in [-0.2, -0.15) is 4.39 Å². The minimum atomic E-state index is -1.61. The molecule has 0 saturated carbocycles. The predicted molar refractivity (Wildman–Crippen MR) is 88.4 cm³/mol. The molecule has 0 heterocycles. The summed E-state index contributed by atoms with van der Waals surface area (Å²) in [5.74, 6) is -0.0765. The Morgan fingerprint density at radius 3 is 2.04 bits per heavy atom. The van der Waals surface area contributed by atoms with Crippen LogP contribution in [0.25, 0.3) is 11.1 Å². The molecule has 0 radical (unpaired) electrons. The number of rotatable bonds is 4. The summed E-state index contributed by atoms with van der Waals surface area (Å²) in [7, 11) is 0. The minimum absolute atomic E-state index is 0.0765. The number of ether oxygens (including phenoxy) is 1. The van der Waals surface area contributed by atoms with Crippen molar-refractivity contribution in [3.63, 3.8) is 0 Å². The average molecular weight is 327 g/mol. The van der Waals surface area contributed by atoms with Gasteiger partial charge in [0.05, 0.1) is 0 Å². The molecule has 0 atom stereocenters. The number of hydrogen-bond acceptors (Lipinski definition) is 3. The lowest BCUT2D eigenvalue weighted by Gasteiger charge is -2.21. The van der Waals surface area contributed by atoms with E-state index in [0.717, 1.165) is 22.3 Å².